The topological polar surface area (TPSA) is 12.4 Å². The number of nitrogens with zero attached hydrogens (tertiary/aromatic N) is 1. The van der Waals surface area contributed by atoms with Crippen LogP contribution in [-0.2, 0) is 0 Å². The van der Waals surface area contributed by atoms with Crippen molar-refractivity contribution in [1.82, 2.24) is 0 Å². The van der Waals surface area contributed by atoms with Crippen molar-refractivity contribution in [2.24, 2.45) is 4.99 Å². The van der Waals surface area contributed by atoms with Gasteiger partial charge in [-0.05, 0) is 25.3 Å². The van der Waals surface area contributed by atoms with Gasteiger partial charge in [-0.3, -0.25) is 4.99 Å². The maximum Gasteiger partial charge on any atom is 0.113 e. The van der Waals surface area contributed by atoms with E-state index in [1.54, 1.807) is 0 Å². The highest BCUT2D eigenvalue weighted by atomic mass is 15.0. The molecule has 0 spiro atoms. The zero-order valence-corrected chi connectivity index (χ0v) is 6.17. The first-order valence-electron chi connectivity index (χ1n) is 3.74. The molecule has 0 aromatic heterocycles. The van der Waals surface area contributed by atoms with Crippen LogP contribution in [0, 0.1) is 0 Å². The van der Waals surface area contributed by atoms with E-state index in [0.717, 1.165) is 0 Å². The summed E-state index contributed by atoms with van der Waals surface area (Å²) in [5, 5.41) is 0. The molecule has 52 valence electrons. The van der Waals surface area contributed by atoms with Crippen LogP contribution in [0.1, 0.15) is 19.8 Å². The number of allylic oxidation sites excluding steroid dienone is 3. The second-order valence-electron chi connectivity index (χ2n) is 3.06. The molecule has 0 radical (unpaired) electrons. The Bertz CT molecular complexity index is 227. The van der Waals surface area contributed by atoms with E-state index in [0.29, 0.717) is 0 Å². The van der Waals surface area contributed by atoms with Gasteiger partial charge >= 0.3 is 0 Å². The largest absolute Gasteiger partial charge is 0.278 e. The van der Waals surface area contributed by atoms with Crippen molar-refractivity contribution in [3.8, 4) is 0 Å². The fourth-order valence-corrected chi connectivity index (χ4v) is 1.29. The minimum atomic E-state index is 0.130. The SMILES string of the molecule is CC1(C2=CC=CCC2)C=N1. The van der Waals surface area contributed by atoms with Crippen LogP contribution >= 0.6 is 0 Å². The van der Waals surface area contributed by atoms with Gasteiger partial charge in [0, 0.05) is 6.21 Å². The standard InChI is InChI=1S/C9H11N/c1-9(7-10-9)8-5-3-2-4-6-8/h2-3,5,7H,4,6H2,1H3. The monoisotopic (exact) mass is 133 g/mol. The third-order valence-electron chi connectivity index (χ3n) is 2.18. The summed E-state index contributed by atoms with van der Waals surface area (Å²) in [5.74, 6) is 0. The van der Waals surface area contributed by atoms with Crippen LogP contribution in [0.2, 0.25) is 0 Å². The smallest absolute Gasteiger partial charge is 0.113 e. The third kappa shape index (κ3) is 0.821. The van der Waals surface area contributed by atoms with Crippen molar-refractivity contribution >= 4 is 6.21 Å². The minimum absolute atomic E-state index is 0.130. The molecular formula is C9H11N. The Morgan fingerprint density at radius 2 is 2.40 bits per heavy atom. The first kappa shape index (κ1) is 5.90. The molecule has 1 heterocycles. The van der Waals surface area contributed by atoms with Crippen molar-refractivity contribution in [1.29, 1.82) is 0 Å². The lowest BCUT2D eigenvalue weighted by Gasteiger charge is -2.13. The second-order valence-corrected chi connectivity index (χ2v) is 3.06. The van der Waals surface area contributed by atoms with E-state index in [2.05, 4.69) is 30.1 Å². The van der Waals surface area contributed by atoms with Gasteiger partial charge in [0.15, 0.2) is 0 Å². The minimum Gasteiger partial charge on any atom is -0.278 e. The van der Waals surface area contributed by atoms with Gasteiger partial charge in [-0.25, -0.2) is 0 Å². The van der Waals surface area contributed by atoms with Gasteiger partial charge in [0.25, 0.3) is 0 Å². The fourth-order valence-electron chi connectivity index (χ4n) is 1.29. The zero-order chi connectivity index (χ0) is 7.03. The van der Waals surface area contributed by atoms with E-state index < -0.39 is 0 Å². The van der Waals surface area contributed by atoms with E-state index in [1.807, 2.05) is 6.21 Å². The summed E-state index contributed by atoms with van der Waals surface area (Å²) >= 11 is 0. The van der Waals surface area contributed by atoms with Crippen molar-refractivity contribution in [3.63, 3.8) is 0 Å². The highest BCUT2D eigenvalue weighted by Crippen LogP contribution is 2.33. The molecule has 0 aromatic rings. The van der Waals surface area contributed by atoms with E-state index in [4.69, 9.17) is 0 Å². The number of rotatable bonds is 1. The number of hydrogen-bond acceptors (Lipinski definition) is 1. The quantitative estimate of drug-likeness (QED) is 0.519. The highest BCUT2D eigenvalue weighted by molar-refractivity contribution is 5.88. The molecular weight excluding hydrogens is 122 g/mol. The maximum absolute atomic E-state index is 4.23. The average Bonchev–Trinajstić information content (AvgIpc) is 2.72. The van der Waals surface area contributed by atoms with Gasteiger partial charge in [0.2, 0.25) is 0 Å². The summed E-state index contributed by atoms with van der Waals surface area (Å²) in [7, 11) is 0. The lowest BCUT2D eigenvalue weighted by Crippen LogP contribution is -2.11. The van der Waals surface area contributed by atoms with Gasteiger partial charge in [-0.1, -0.05) is 18.2 Å². The molecule has 2 aliphatic rings. The Kier molecular flexibility index (Phi) is 1.07. The summed E-state index contributed by atoms with van der Waals surface area (Å²) < 4.78 is 0. The van der Waals surface area contributed by atoms with Crippen molar-refractivity contribution in [2.45, 2.75) is 25.3 Å². The summed E-state index contributed by atoms with van der Waals surface area (Å²) in [4.78, 5) is 4.23. The molecule has 0 N–H and O–H groups in total. The predicted molar refractivity (Wildman–Crippen MR) is 43.4 cm³/mol. The molecule has 0 fully saturated rings. The molecule has 0 saturated heterocycles. The van der Waals surface area contributed by atoms with Crippen molar-refractivity contribution in [2.75, 3.05) is 0 Å². The van der Waals surface area contributed by atoms with Crippen LogP contribution < -0.4 is 0 Å². The van der Waals surface area contributed by atoms with Crippen LogP contribution in [-0.4, -0.2) is 11.8 Å². The molecule has 0 amide bonds. The fraction of sp³-hybridized carbons (Fsp3) is 0.444. The maximum atomic E-state index is 4.23. The molecule has 0 aromatic carbocycles. The normalized spacial score (nSPS) is 35.9. The number of aliphatic imine (C=N–C) groups is 1. The molecule has 10 heavy (non-hydrogen) atoms. The highest BCUT2D eigenvalue weighted by Gasteiger charge is 2.34. The summed E-state index contributed by atoms with van der Waals surface area (Å²) in [6, 6.07) is 0. The van der Waals surface area contributed by atoms with E-state index in [-0.39, 0.29) is 5.54 Å². The Morgan fingerprint density at radius 3 is 2.90 bits per heavy atom. The molecule has 2 rings (SSSR count). The molecule has 1 unspecified atom stereocenters. The summed E-state index contributed by atoms with van der Waals surface area (Å²) in [6.45, 7) is 2.16. The second kappa shape index (κ2) is 1.82. The van der Waals surface area contributed by atoms with Gasteiger partial charge in [-0.2, -0.15) is 0 Å². The van der Waals surface area contributed by atoms with Crippen LogP contribution in [0.4, 0.5) is 0 Å². The summed E-state index contributed by atoms with van der Waals surface area (Å²) in [5.41, 5.74) is 1.60. The Hall–Kier alpha value is -0.850. The Labute approximate surface area is 61.2 Å². The first-order valence-corrected chi connectivity index (χ1v) is 3.74. The molecule has 0 bridgehead atoms. The van der Waals surface area contributed by atoms with Crippen LogP contribution in [0.5, 0.6) is 0 Å². The molecule has 1 nitrogen and oxygen atoms in total. The van der Waals surface area contributed by atoms with E-state index in [1.165, 1.54) is 18.4 Å². The van der Waals surface area contributed by atoms with Gasteiger partial charge in [0.05, 0.1) is 0 Å². The van der Waals surface area contributed by atoms with Crippen molar-refractivity contribution < 1.29 is 0 Å². The molecule has 0 saturated carbocycles. The summed E-state index contributed by atoms with van der Waals surface area (Å²) in [6.07, 6.45) is 10.9. The van der Waals surface area contributed by atoms with Gasteiger partial charge < -0.3 is 0 Å². The molecule has 1 heteroatoms. The predicted octanol–water partition coefficient (Wildman–Crippen LogP) is 2.11. The van der Waals surface area contributed by atoms with E-state index >= 15 is 0 Å². The Morgan fingerprint density at radius 1 is 1.60 bits per heavy atom. The zero-order valence-electron chi connectivity index (χ0n) is 6.17. The molecule has 1 atom stereocenters. The molecule has 1 aliphatic heterocycles. The lowest BCUT2D eigenvalue weighted by molar-refractivity contribution is 0.776. The van der Waals surface area contributed by atoms with Crippen LogP contribution in [0.25, 0.3) is 0 Å². The van der Waals surface area contributed by atoms with Crippen LogP contribution in [0.15, 0.2) is 28.8 Å². The van der Waals surface area contributed by atoms with Crippen molar-refractivity contribution in [3.05, 3.63) is 23.8 Å². The Balaban J connectivity index is 2.17. The van der Waals surface area contributed by atoms with Gasteiger partial charge in [0.1, 0.15) is 5.54 Å². The first-order chi connectivity index (χ1) is 4.81. The van der Waals surface area contributed by atoms with E-state index in [9.17, 15) is 0 Å². The molecule has 1 aliphatic carbocycles. The number of hydrogen-bond donors (Lipinski definition) is 0. The third-order valence-corrected chi connectivity index (χ3v) is 2.18. The average molecular weight is 133 g/mol. The lowest BCUT2D eigenvalue weighted by atomic mass is 9.92. The van der Waals surface area contributed by atoms with Gasteiger partial charge in [-0.15, -0.1) is 0 Å². The van der Waals surface area contributed by atoms with Crippen LogP contribution in [0.3, 0.4) is 0 Å².